The quantitative estimate of drug-likeness (QED) is 0.106. The van der Waals surface area contributed by atoms with E-state index in [0.717, 1.165) is 25.7 Å². The zero-order valence-corrected chi connectivity index (χ0v) is 23.6. The number of hydrogen-bond donors (Lipinski definition) is 1. The second kappa shape index (κ2) is 12.3. The number of unbranched alkanes of at least 4 members (excludes halogenated alkanes) is 3. The summed E-state index contributed by atoms with van der Waals surface area (Å²) in [6.07, 6.45) is 4.71. The summed E-state index contributed by atoms with van der Waals surface area (Å²) in [7, 11) is 0. The van der Waals surface area contributed by atoms with Crippen LogP contribution in [0, 0.1) is 27.4 Å². The molecule has 2 bridgehead atoms. The predicted molar refractivity (Wildman–Crippen MR) is 142 cm³/mol. The number of fused-ring (bicyclic) bond motifs is 2. The number of Topliss-reactive ketones (excluding diaryl/α,β-unsaturated/α-hetero) is 1. The largest absolute Gasteiger partial charge is 0.508 e. The van der Waals surface area contributed by atoms with Gasteiger partial charge in [0.2, 0.25) is 0 Å². The van der Waals surface area contributed by atoms with Crippen molar-refractivity contribution >= 4 is 17.7 Å². The molecule has 0 aliphatic heterocycles. The van der Waals surface area contributed by atoms with E-state index in [1.165, 1.54) is 6.07 Å². The Bertz CT molecular complexity index is 1090. The molecule has 3 fully saturated rings. The van der Waals surface area contributed by atoms with Crippen molar-refractivity contribution in [2.75, 3.05) is 13.2 Å². The molecule has 0 amide bonds. The summed E-state index contributed by atoms with van der Waals surface area (Å²) < 4.78 is 11.2. The summed E-state index contributed by atoms with van der Waals surface area (Å²) in [5.74, 6) is -1.30. The van der Waals surface area contributed by atoms with Crippen LogP contribution in [-0.2, 0) is 29.4 Å². The third-order valence-electron chi connectivity index (χ3n) is 8.54. The highest BCUT2D eigenvalue weighted by atomic mass is 16.9. The van der Waals surface area contributed by atoms with E-state index in [-0.39, 0.29) is 66.3 Å². The van der Waals surface area contributed by atoms with Crippen LogP contribution in [0.15, 0.2) is 12.1 Å². The fraction of sp³-hybridized carbons (Fsp3) is 0.690. The smallest absolute Gasteiger partial charge is 0.315 e. The summed E-state index contributed by atoms with van der Waals surface area (Å²) in [5.41, 5.74) is -0.603. The average molecular weight is 548 g/mol. The van der Waals surface area contributed by atoms with Crippen molar-refractivity contribution in [2.24, 2.45) is 17.3 Å². The van der Waals surface area contributed by atoms with Crippen LogP contribution < -0.4 is 4.74 Å². The molecule has 1 aromatic carbocycles. The second-order valence-electron chi connectivity index (χ2n) is 11.9. The maximum atomic E-state index is 13.0. The van der Waals surface area contributed by atoms with E-state index < -0.39 is 22.4 Å². The van der Waals surface area contributed by atoms with Crippen molar-refractivity contribution in [1.82, 2.24) is 0 Å². The molecule has 3 atom stereocenters. The second-order valence-corrected chi connectivity index (χ2v) is 11.9. The van der Waals surface area contributed by atoms with Gasteiger partial charge >= 0.3 is 11.9 Å². The standard InChI is InChI=1S/C29H41NO9/c1-6-7-8-9-12-37-27(34)28(2,3)18-14-23(32)26(19-16-22(31)21-17-20(19)29(21,4)5)24(15-18)39-25(33)11-10-13-38-30(35)36/h14-15,19-21,32H,6-13,16-17H2,1-5H3/t19-,20+,21-/m0/s1. The lowest BCUT2D eigenvalue weighted by molar-refractivity contribution is -0.757. The van der Waals surface area contributed by atoms with E-state index in [2.05, 4.69) is 11.8 Å². The van der Waals surface area contributed by atoms with Crippen molar-refractivity contribution < 1.29 is 38.9 Å². The van der Waals surface area contributed by atoms with Gasteiger partial charge in [0, 0.05) is 30.2 Å². The minimum atomic E-state index is -1.15. The zero-order chi connectivity index (χ0) is 29.0. The number of ketones is 1. The maximum absolute atomic E-state index is 13.0. The lowest BCUT2D eigenvalue weighted by Crippen LogP contribution is -2.56. The van der Waals surface area contributed by atoms with Gasteiger partial charge in [-0.05, 0) is 62.1 Å². The highest BCUT2D eigenvalue weighted by molar-refractivity contribution is 5.87. The number of carbonyl (C=O) groups excluding carboxylic acids is 3. The van der Waals surface area contributed by atoms with Crippen LogP contribution in [0.4, 0.5) is 0 Å². The maximum Gasteiger partial charge on any atom is 0.315 e. The molecule has 0 heterocycles. The van der Waals surface area contributed by atoms with Gasteiger partial charge in [-0.1, -0.05) is 40.0 Å². The predicted octanol–water partition coefficient (Wildman–Crippen LogP) is 5.41. The first-order valence-corrected chi connectivity index (χ1v) is 13.9. The molecule has 10 nitrogen and oxygen atoms in total. The van der Waals surface area contributed by atoms with Crippen molar-refractivity contribution in [1.29, 1.82) is 0 Å². The third-order valence-corrected chi connectivity index (χ3v) is 8.54. The number of benzene rings is 1. The number of nitrogens with zero attached hydrogens (tertiary/aromatic N) is 1. The van der Waals surface area contributed by atoms with E-state index in [0.29, 0.717) is 24.2 Å². The molecule has 0 spiro atoms. The molecule has 10 heteroatoms. The summed E-state index contributed by atoms with van der Waals surface area (Å²) in [6.45, 7) is 9.59. The Morgan fingerprint density at radius 2 is 1.87 bits per heavy atom. The number of aromatic hydroxyl groups is 1. The van der Waals surface area contributed by atoms with Crippen molar-refractivity contribution in [3.05, 3.63) is 33.4 Å². The molecule has 0 radical (unpaired) electrons. The van der Waals surface area contributed by atoms with E-state index in [9.17, 15) is 29.6 Å². The number of hydrogen-bond acceptors (Lipinski definition) is 9. The summed E-state index contributed by atoms with van der Waals surface area (Å²) in [5, 5.41) is 20.7. The Hall–Kier alpha value is -3.17. The summed E-state index contributed by atoms with van der Waals surface area (Å²) >= 11 is 0. The monoisotopic (exact) mass is 547 g/mol. The number of rotatable bonds is 14. The van der Waals surface area contributed by atoms with Crippen LogP contribution in [0.5, 0.6) is 11.5 Å². The lowest BCUT2D eigenvalue weighted by atomic mass is 9.44. The van der Waals surface area contributed by atoms with E-state index in [4.69, 9.17) is 9.47 Å². The van der Waals surface area contributed by atoms with Gasteiger partial charge in [0.05, 0.1) is 18.6 Å². The van der Waals surface area contributed by atoms with Gasteiger partial charge in [-0.25, -0.2) is 0 Å². The topological polar surface area (TPSA) is 142 Å². The van der Waals surface area contributed by atoms with Crippen molar-refractivity contribution in [3.63, 3.8) is 0 Å². The number of esters is 2. The average Bonchev–Trinajstić information content (AvgIpc) is 2.85. The molecule has 0 aromatic heterocycles. The molecule has 0 saturated heterocycles. The van der Waals surface area contributed by atoms with E-state index in [1.54, 1.807) is 19.9 Å². The Balaban J connectivity index is 1.89. The number of ether oxygens (including phenoxy) is 2. The Labute approximate surface area is 229 Å². The van der Waals surface area contributed by atoms with Gasteiger partial charge < -0.3 is 19.4 Å². The summed E-state index contributed by atoms with van der Waals surface area (Å²) in [4.78, 5) is 53.3. The SMILES string of the molecule is CCCCCCOC(=O)C(C)(C)c1cc(O)c([C@H]2CC(=O)[C@@H]3C[C@H]2C3(C)C)c(OC(=O)CCCO[N+](=O)[O-])c1. The molecule has 1 aromatic rings. The van der Waals surface area contributed by atoms with Gasteiger partial charge in [0.25, 0.3) is 5.09 Å². The van der Waals surface area contributed by atoms with Crippen molar-refractivity contribution in [3.8, 4) is 11.5 Å². The molecule has 1 N–H and O–H groups in total. The fourth-order valence-corrected chi connectivity index (χ4v) is 5.94. The first kappa shape index (κ1) is 30.4. The van der Waals surface area contributed by atoms with Crippen LogP contribution in [0.3, 0.4) is 0 Å². The molecule has 3 aliphatic carbocycles. The van der Waals surface area contributed by atoms with Gasteiger partial charge in [-0.15, -0.1) is 10.1 Å². The van der Waals surface area contributed by atoms with Crippen LogP contribution in [0.25, 0.3) is 0 Å². The fourth-order valence-electron chi connectivity index (χ4n) is 5.94. The molecule has 3 saturated carbocycles. The molecular weight excluding hydrogens is 506 g/mol. The Morgan fingerprint density at radius 3 is 2.49 bits per heavy atom. The molecule has 3 aliphatic rings. The molecule has 0 unspecified atom stereocenters. The number of phenols is 1. The first-order valence-electron chi connectivity index (χ1n) is 13.9. The first-order chi connectivity index (χ1) is 18.3. The van der Waals surface area contributed by atoms with Crippen LogP contribution >= 0.6 is 0 Å². The van der Waals surface area contributed by atoms with E-state index >= 15 is 0 Å². The van der Waals surface area contributed by atoms with Crippen molar-refractivity contribution in [2.45, 2.75) is 97.3 Å². The zero-order valence-electron chi connectivity index (χ0n) is 23.6. The number of carbonyl (C=O) groups is 3. The summed E-state index contributed by atoms with van der Waals surface area (Å²) in [6, 6.07) is 3.07. The van der Waals surface area contributed by atoms with Crippen LogP contribution in [0.1, 0.15) is 103 Å². The highest BCUT2D eigenvalue weighted by Gasteiger charge is 2.59. The van der Waals surface area contributed by atoms with Gasteiger partial charge in [0.15, 0.2) is 0 Å². The normalized spacial score (nSPS) is 21.6. The van der Waals surface area contributed by atoms with Gasteiger partial charge in [-0.2, -0.15) is 0 Å². The molecule has 216 valence electrons. The minimum Gasteiger partial charge on any atom is -0.508 e. The Kier molecular flexibility index (Phi) is 9.61. The van der Waals surface area contributed by atoms with Crippen LogP contribution in [0.2, 0.25) is 0 Å². The van der Waals surface area contributed by atoms with Crippen LogP contribution in [-0.4, -0.2) is 41.1 Å². The minimum absolute atomic E-state index is 0.0150. The highest BCUT2D eigenvalue weighted by Crippen LogP contribution is 2.64. The lowest BCUT2D eigenvalue weighted by Gasteiger charge is -2.59. The van der Waals surface area contributed by atoms with Gasteiger partial charge in [-0.3, -0.25) is 14.4 Å². The number of phenolic OH excluding ortho intramolecular Hbond substituents is 1. The molecule has 39 heavy (non-hydrogen) atoms. The van der Waals surface area contributed by atoms with E-state index in [1.807, 2.05) is 13.8 Å². The third kappa shape index (κ3) is 6.70. The molecule has 4 rings (SSSR count). The van der Waals surface area contributed by atoms with Gasteiger partial charge in [0.1, 0.15) is 17.3 Å². The molecular formula is C29H41NO9. The Morgan fingerprint density at radius 1 is 1.15 bits per heavy atom.